The molecule has 2 rings (SSSR count). The summed E-state index contributed by atoms with van der Waals surface area (Å²) in [5.74, 6) is 0.281. The molecule has 4 nitrogen and oxygen atoms in total. The average Bonchev–Trinajstić information content (AvgIpc) is 2.92. The van der Waals surface area contributed by atoms with Crippen molar-refractivity contribution < 1.29 is 9.50 Å². The Balaban J connectivity index is 2.15. The van der Waals surface area contributed by atoms with E-state index in [0.717, 1.165) is 24.0 Å². The van der Waals surface area contributed by atoms with Gasteiger partial charge in [-0.05, 0) is 43.4 Å². The highest BCUT2D eigenvalue weighted by Gasteiger charge is 2.24. The Morgan fingerprint density at radius 1 is 1.33 bits per heavy atom. The molecule has 0 aliphatic heterocycles. The van der Waals surface area contributed by atoms with E-state index in [1.54, 1.807) is 16.9 Å². The van der Waals surface area contributed by atoms with Crippen LogP contribution in [-0.2, 0) is 7.05 Å². The Hall–Kier alpha value is -1.72. The van der Waals surface area contributed by atoms with Crippen LogP contribution in [0.4, 0.5) is 4.39 Å². The van der Waals surface area contributed by atoms with Gasteiger partial charge >= 0.3 is 0 Å². The summed E-state index contributed by atoms with van der Waals surface area (Å²) in [6, 6.07) is 6.33. The van der Waals surface area contributed by atoms with Gasteiger partial charge in [0.2, 0.25) is 0 Å². The summed E-state index contributed by atoms with van der Waals surface area (Å²) >= 11 is 0. The first kappa shape index (κ1) is 18.6. The summed E-state index contributed by atoms with van der Waals surface area (Å²) < 4.78 is 15.4. The zero-order valence-corrected chi connectivity index (χ0v) is 15.0. The lowest BCUT2D eigenvalue weighted by Gasteiger charge is -2.28. The van der Waals surface area contributed by atoms with Crippen molar-refractivity contribution in [1.82, 2.24) is 15.1 Å². The second-order valence-electron chi connectivity index (χ2n) is 7.25. The van der Waals surface area contributed by atoms with Crippen LogP contribution in [0.2, 0.25) is 0 Å². The number of aliphatic hydroxyl groups is 1. The highest BCUT2D eigenvalue weighted by molar-refractivity contribution is 5.29. The van der Waals surface area contributed by atoms with Crippen molar-refractivity contribution in [3.05, 3.63) is 53.6 Å². The molecule has 132 valence electrons. The van der Waals surface area contributed by atoms with Crippen LogP contribution in [0.1, 0.15) is 50.8 Å². The molecular formula is C19H28FN3O. The van der Waals surface area contributed by atoms with Crippen LogP contribution in [0, 0.1) is 11.7 Å². The maximum Gasteiger partial charge on any atom is 0.123 e. The van der Waals surface area contributed by atoms with Gasteiger partial charge in [-0.2, -0.15) is 5.10 Å². The molecule has 0 saturated carbocycles. The molecule has 2 N–H and O–H groups in total. The molecule has 2 aromatic rings. The number of nitrogens with zero attached hydrogens (tertiary/aromatic N) is 2. The molecule has 0 aliphatic carbocycles. The van der Waals surface area contributed by atoms with Gasteiger partial charge in [0, 0.05) is 25.4 Å². The number of nitrogens with one attached hydrogen (secondary N) is 1. The second-order valence-corrected chi connectivity index (χ2v) is 7.25. The highest BCUT2D eigenvalue weighted by atomic mass is 19.1. The van der Waals surface area contributed by atoms with Crippen molar-refractivity contribution in [1.29, 1.82) is 0 Å². The van der Waals surface area contributed by atoms with Gasteiger partial charge in [-0.15, -0.1) is 0 Å². The number of halogens is 1. The third-order valence-electron chi connectivity index (χ3n) is 4.19. The van der Waals surface area contributed by atoms with Gasteiger partial charge in [0.05, 0.1) is 17.8 Å². The van der Waals surface area contributed by atoms with Gasteiger partial charge in [-0.25, -0.2) is 4.39 Å². The van der Waals surface area contributed by atoms with E-state index in [2.05, 4.69) is 24.3 Å². The second kappa shape index (κ2) is 7.90. The normalized spacial score (nSPS) is 15.5. The van der Waals surface area contributed by atoms with Gasteiger partial charge in [-0.3, -0.25) is 4.68 Å². The molecule has 0 radical (unpaired) electrons. The van der Waals surface area contributed by atoms with Crippen LogP contribution in [-0.4, -0.2) is 27.0 Å². The molecule has 1 aromatic heterocycles. The third-order valence-corrected chi connectivity index (χ3v) is 4.19. The predicted octanol–water partition coefficient (Wildman–Crippen LogP) is 3.43. The Morgan fingerprint density at radius 2 is 2.08 bits per heavy atom. The first-order valence-corrected chi connectivity index (χ1v) is 8.46. The smallest absolute Gasteiger partial charge is 0.123 e. The number of benzene rings is 1. The van der Waals surface area contributed by atoms with E-state index in [9.17, 15) is 9.50 Å². The molecule has 0 amide bonds. The Morgan fingerprint density at radius 3 is 2.67 bits per heavy atom. The molecule has 1 aromatic carbocycles. The van der Waals surface area contributed by atoms with Gasteiger partial charge in [-0.1, -0.05) is 26.0 Å². The van der Waals surface area contributed by atoms with E-state index in [-0.39, 0.29) is 11.9 Å². The zero-order chi connectivity index (χ0) is 17.7. The molecule has 0 spiro atoms. The summed E-state index contributed by atoms with van der Waals surface area (Å²) in [7, 11) is 1.85. The summed E-state index contributed by atoms with van der Waals surface area (Å²) in [5.41, 5.74) is 0.961. The molecule has 2 atom stereocenters. The quantitative estimate of drug-likeness (QED) is 0.778. The maximum absolute atomic E-state index is 13.6. The zero-order valence-electron chi connectivity index (χ0n) is 15.0. The third kappa shape index (κ3) is 5.42. The Kier molecular flexibility index (Phi) is 6.13. The van der Waals surface area contributed by atoms with Crippen LogP contribution < -0.4 is 5.32 Å². The SMILES string of the molecule is CC(C)CCC(C)(O)CNC(c1cccc(F)c1)c1cnn(C)c1. The first-order valence-electron chi connectivity index (χ1n) is 8.46. The molecule has 5 heteroatoms. The minimum absolute atomic E-state index is 0.208. The summed E-state index contributed by atoms with van der Waals surface area (Å²) in [6.45, 7) is 6.56. The standard InChI is InChI=1S/C19H28FN3O/c1-14(2)8-9-19(3,24)13-21-18(16-11-22-23(4)12-16)15-6-5-7-17(20)10-15/h5-7,10-12,14,18,21,24H,8-9,13H2,1-4H3. The minimum atomic E-state index is -0.807. The fourth-order valence-electron chi connectivity index (χ4n) is 2.71. The fraction of sp³-hybridized carbons (Fsp3) is 0.526. The maximum atomic E-state index is 13.6. The Labute approximate surface area is 143 Å². The van der Waals surface area contributed by atoms with Crippen molar-refractivity contribution in [2.24, 2.45) is 13.0 Å². The molecule has 0 bridgehead atoms. The van der Waals surface area contributed by atoms with Crippen molar-refractivity contribution in [3.8, 4) is 0 Å². The van der Waals surface area contributed by atoms with Gasteiger partial charge < -0.3 is 10.4 Å². The summed E-state index contributed by atoms with van der Waals surface area (Å²) in [5, 5.41) is 18.2. The van der Waals surface area contributed by atoms with Gasteiger partial charge in [0.15, 0.2) is 0 Å². The minimum Gasteiger partial charge on any atom is -0.389 e. The van der Waals surface area contributed by atoms with E-state index in [1.165, 1.54) is 12.1 Å². The van der Waals surface area contributed by atoms with E-state index in [4.69, 9.17) is 0 Å². The van der Waals surface area contributed by atoms with E-state index < -0.39 is 5.60 Å². The molecule has 0 saturated heterocycles. The van der Waals surface area contributed by atoms with Crippen molar-refractivity contribution in [3.63, 3.8) is 0 Å². The number of hydrogen-bond donors (Lipinski definition) is 2. The number of rotatable bonds is 8. The largest absolute Gasteiger partial charge is 0.389 e. The van der Waals surface area contributed by atoms with Crippen LogP contribution in [0.3, 0.4) is 0 Å². The van der Waals surface area contributed by atoms with E-state index >= 15 is 0 Å². The predicted molar refractivity (Wildman–Crippen MR) is 94.1 cm³/mol. The van der Waals surface area contributed by atoms with Crippen LogP contribution in [0.25, 0.3) is 0 Å². The van der Waals surface area contributed by atoms with Crippen molar-refractivity contribution in [2.45, 2.75) is 45.3 Å². The first-order chi connectivity index (χ1) is 11.3. The lowest BCUT2D eigenvalue weighted by Crippen LogP contribution is -2.40. The topological polar surface area (TPSA) is 50.1 Å². The summed E-state index contributed by atoms with van der Waals surface area (Å²) in [4.78, 5) is 0. The number of aromatic nitrogens is 2. The Bertz CT molecular complexity index is 652. The van der Waals surface area contributed by atoms with E-state index in [0.29, 0.717) is 12.5 Å². The summed E-state index contributed by atoms with van der Waals surface area (Å²) in [6.07, 6.45) is 5.36. The fourth-order valence-corrected chi connectivity index (χ4v) is 2.71. The average molecular weight is 333 g/mol. The molecule has 0 fully saturated rings. The van der Waals surface area contributed by atoms with Crippen LogP contribution in [0.15, 0.2) is 36.7 Å². The molecular weight excluding hydrogens is 305 g/mol. The molecule has 1 heterocycles. The lowest BCUT2D eigenvalue weighted by atomic mass is 9.94. The molecule has 24 heavy (non-hydrogen) atoms. The van der Waals surface area contributed by atoms with Crippen molar-refractivity contribution in [2.75, 3.05) is 6.54 Å². The van der Waals surface area contributed by atoms with Gasteiger partial charge in [0.1, 0.15) is 5.82 Å². The number of hydrogen-bond acceptors (Lipinski definition) is 3. The highest BCUT2D eigenvalue weighted by Crippen LogP contribution is 2.24. The van der Waals surface area contributed by atoms with E-state index in [1.807, 2.05) is 26.2 Å². The molecule has 0 aliphatic rings. The van der Waals surface area contributed by atoms with Crippen LogP contribution in [0.5, 0.6) is 0 Å². The lowest BCUT2D eigenvalue weighted by molar-refractivity contribution is 0.0436. The van der Waals surface area contributed by atoms with Gasteiger partial charge in [0.25, 0.3) is 0 Å². The van der Waals surface area contributed by atoms with Crippen molar-refractivity contribution >= 4 is 0 Å². The number of aryl methyl sites for hydroxylation is 1. The molecule has 2 unspecified atom stereocenters. The monoisotopic (exact) mass is 333 g/mol. The van der Waals surface area contributed by atoms with Crippen LogP contribution >= 0.6 is 0 Å².